The van der Waals surface area contributed by atoms with Crippen molar-refractivity contribution in [2.24, 2.45) is 0 Å². The van der Waals surface area contributed by atoms with Crippen LogP contribution in [0.2, 0.25) is 0 Å². The highest BCUT2D eigenvalue weighted by Crippen LogP contribution is 2.43. The molecule has 0 heterocycles. The van der Waals surface area contributed by atoms with Crippen molar-refractivity contribution in [3.63, 3.8) is 0 Å². The van der Waals surface area contributed by atoms with Crippen LogP contribution in [0.5, 0.6) is 0 Å². The summed E-state index contributed by atoms with van der Waals surface area (Å²) in [6, 6.07) is -0.862. The Hall–Kier alpha value is -1.28. The average molecular weight is 672 g/mol. The molecule has 0 aromatic carbocycles. The molecule has 0 aromatic heterocycles. The molecule has 9 heteroatoms. The molecule has 270 valence electrons. The predicted molar refractivity (Wildman–Crippen MR) is 194 cm³/mol. The molecule has 0 spiro atoms. The van der Waals surface area contributed by atoms with Crippen LogP contribution in [0, 0.1) is 0 Å². The molecule has 1 amide bonds. The summed E-state index contributed by atoms with van der Waals surface area (Å²) in [7, 11) is 1.54. The van der Waals surface area contributed by atoms with E-state index in [0.29, 0.717) is 17.4 Å². The van der Waals surface area contributed by atoms with Gasteiger partial charge in [-0.2, -0.15) is 0 Å². The SMILES string of the molecule is CCC/C=C/CC/C=C/CC/C=C/C(O)C(COP(=O)(O)OCC[N+](C)(C)C)NC(=O)CCCCCCCCCCCCCCC. The zero-order valence-corrected chi connectivity index (χ0v) is 31.2. The Morgan fingerprint density at radius 3 is 1.70 bits per heavy atom. The van der Waals surface area contributed by atoms with Gasteiger partial charge in [0, 0.05) is 6.42 Å². The van der Waals surface area contributed by atoms with Crippen molar-refractivity contribution in [3.05, 3.63) is 36.5 Å². The number of allylic oxidation sites excluding steroid dienone is 5. The number of rotatable bonds is 32. The van der Waals surface area contributed by atoms with Gasteiger partial charge in [0.1, 0.15) is 13.2 Å². The first-order chi connectivity index (χ1) is 22.0. The lowest BCUT2D eigenvalue weighted by atomic mass is 10.0. The minimum atomic E-state index is -4.33. The van der Waals surface area contributed by atoms with Crippen molar-refractivity contribution < 1.29 is 32.9 Å². The number of nitrogens with one attached hydrogen (secondary N) is 1. The summed E-state index contributed by atoms with van der Waals surface area (Å²) in [5.74, 6) is -0.196. The Labute approximate surface area is 283 Å². The minimum absolute atomic E-state index is 0.0539. The number of nitrogens with zero attached hydrogens (tertiary/aromatic N) is 1. The summed E-state index contributed by atoms with van der Waals surface area (Å²) in [5.41, 5.74) is 0. The van der Waals surface area contributed by atoms with Crippen LogP contribution in [-0.4, -0.2) is 73.4 Å². The summed E-state index contributed by atoms with van der Waals surface area (Å²) in [4.78, 5) is 22.9. The lowest BCUT2D eigenvalue weighted by molar-refractivity contribution is -0.870. The molecule has 0 fully saturated rings. The fourth-order valence-electron chi connectivity index (χ4n) is 4.84. The Balaban J connectivity index is 4.61. The number of hydrogen-bond donors (Lipinski definition) is 3. The van der Waals surface area contributed by atoms with E-state index in [1.165, 1.54) is 70.6 Å². The van der Waals surface area contributed by atoms with Crippen LogP contribution in [0.15, 0.2) is 36.5 Å². The van der Waals surface area contributed by atoms with Gasteiger partial charge in [0.25, 0.3) is 0 Å². The number of likely N-dealkylation sites (N-methyl/N-ethyl adjacent to an activating group) is 1. The van der Waals surface area contributed by atoms with Gasteiger partial charge in [-0.25, -0.2) is 4.57 Å². The van der Waals surface area contributed by atoms with Crippen molar-refractivity contribution in [1.29, 1.82) is 0 Å². The monoisotopic (exact) mass is 672 g/mol. The number of amides is 1. The summed E-state index contributed by atoms with van der Waals surface area (Å²) < 4.78 is 23.4. The number of phosphoric ester groups is 1. The highest BCUT2D eigenvalue weighted by atomic mass is 31.2. The number of phosphoric acid groups is 1. The summed E-state index contributed by atoms with van der Waals surface area (Å²) in [6.07, 6.45) is 33.5. The lowest BCUT2D eigenvalue weighted by Crippen LogP contribution is -2.45. The van der Waals surface area contributed by atoms with E-state index in [1.54, 1.807) is 6.08 Å². The molecular formula is C37H72N2O6P+. The van der Waals surface area contributed by atoms with Crippen LogP contribution >= 0.6 is 7.82 Å². The maximum Gasteiger partial charge on any atom is 0.472 e. The molecule has 3 unspecified atom stereocenters. The number of aliphatic hydroxyl groups is 1. The quantitative estimate of drug-likeness (QED) is 0.0285. The number of hydrogen-bond acceptors (Lipinski definition) is 5. The standard InChI is InChI=1S/C37H71N2O6P/c1-6-8-10-12-14-16-18-19-21-23-25-27-29-31-37(41)38-35(34-45-46(42,43)44-33-32-39(3,4)5)36(40)30-28-26-24-22-20-17-15-13-11-9-7-2/h11,13,20,22,28,30,35-36,40H,6-10,12,14-19,21,23-27,29,31-34H2,1-5H3,(H-,38,41,42,43)/p+1/b13-11+,22-20+,30-28+. The third kappa shape index (κ3) is 31.3. The first-order valence-corrected chi connectivity index (χ1v) is 19.9. The highest BCUT2D eigenvalue weighted by Gasteiger charge is 2.27. The van der Waals surface area contributed by atoms with Gasteiger partial charge in [-0.05, 0) is 38.5 Å². The zero-order valence-electron chi connectivity index (χ0n) is 30.3. The van der Waals surface area contributed by atoms with Gasteiger partial charge in [0.2, 0.25) is 5.91 Å². The number of carbonyl (C=O) groups excluding carboxylic acids is 1. The summed E-state index contributed by atoms with van der Waals surface area (Å²) in [6.45, 7) is 4.68. The highest BCUT2D eigenvalue weighted by molar-refractivity contribution is 7.47. The number of aliphatic hydroxyl groups excluding tert-OH is 1. The van der Waals surface area contributed by atoms with E-state index in [0.717, 1.165) is 51.4 Å². The first kappa shape index (κ1) is 44.7. The van der Waals surface area contributed by atoms with Crippen molar-refractivity contribution in [2.45, 2.75) is 154 Å². The van der Waals surface area contributed by atoms with Crippen LogP contribution in [0.3, 0.4) is 0 Å². The van der Waals surface area contributed by atoms with E-state index in [1.807, 2.05) is 27.2 Å². The third-order valence-electron chi connectivity index (χ3n) is 7.82. The van der Waals surface area contributed by atoms with E-state index in [2.05, 4.69) is 43.5 Å². The van der Waals surface area contributed by atoms with Crippen molar-refractivity contribution in [1.82, 2.24) is 5.32 Å². The number of quaternary nitrogens is 1. The zero-order chi connectivity index (χ0) is 34.4. The molecule has 0 bridgehead atoms. The second-order valence-corrected chi connectivity index (χ2v) is 15.0. The molecule has 0 aliphatic heterocycles. The topological polar surface area (TPSA) is 105 Å². The van der Waals surface area contributed by atoms with E-state index >= 15 is 0 Å². The molecule has 0 rings (SSSR count). The third-order valence-corrected chi connectivity index (χ3v) is 8.81. The van der Waals surface area contributed by atoms with Gasteiger partial charge in [-0.3, -0.25) is 13.8 Å². The van der Waals surface area contributed by atoms with E-state index in [4.69, 9.17) is 9.05 Å². The van der Waals surface area contributed by atoms with Crippen molar-refractivity contribution in [2.75, 3.05) is 40.9 Å². The predicted octanol–water partition coefficient (Wildman–Crippen LogP) is 9.18. The minimum Gasteiger partial charge on any atom is -0.387 e. The molecule has 0 saturated heterocycles. The van der Waals surface area contributed by atoms with Crippen LogP contribution in [-0.2, 0) is 18.4 Å². The van der Waals surface area contributed by atoms with Crippen LogP contribution < -0.4 is 5.32 Å². The maximum absolute atomic E-state index is 12.7. The van der Waals surface area contributed by atoms with Gasteiger partial charge < -0.3 is 19.8 Å². The summed E-state index contributed by atoms with van der Waals surface area (Å²) >= 11 is 0. The first-order valence-electron chi connectivity index (χ1n) is 18.4. The number of carbonyl (C=O) groups is 1. The van der Waals surface area contributed by atoms with E-state index in [9.17, 15) is 19.4 Å². The Morgan fingerprint density at radius 2 is 1.20 bits per heavy atom. The largest absolute Gasteiger partial charge is 0.472 e. The maximum atomic E-state index is 12.7. The molecule has 0 saturated carbocycles. The average Bonchev–Trinajstić information content (AvgIpc) is 2.99. The smallest absolute Gasteiger partial charge is 0.387 e. The fraction of sp³-hybridized carbons (Fsp3) is 0.811. The van der Waals surface area contributed by atoms with Crippen LogP contribution in [0.1, 0.15) is 142 Å². The molecule has 0 aliphatic carbocycles. The van der Waals surface area contributed by atoms with Gasteiger partial charge in [-0.15, -0.1) is 0 Å². The normalized spacial score (nSPS) is 15.2. The molecule has 0 aromatic rings. The Kier molecular flexibility index (Phi) is 29.0. The molecule has 0 radical (unpaired) electrons. The van der Waals surface area contributed by atoms with Crippen LogP contribution in [0.4, 0.5) is 0 Å². The molecule has 8 nitrogen and oxygen atoms in total. The van der Waals surface area contributed by atoms with Crippen molar-refractivity contribution >= 4 is 13.7 Å². The van der Waals surface area contributed by atoms with Gasteiger partial charge in [-0.1, -0.05) is 134 Å². The molecule has 3 N–H and O–H groups in total. The molecule has 46 heavy (non-hydrogen) atoms. The van der Waals surface area contributed by atoms with Crippen LogP contribution in [0.25, 0.3) is 0 Å². The molecule has 0 aliphatic rings. The second kappa shape index (κ2) is 29.8. The fourth-order valence-corrected chi connectivity index (χ4v) is 5.58. The Bertz CT molecular complexity index is 855. The molecule has 3 atom stereocenters. The Morgan fingerprint density at radius 1 is 0.717 bits per heavy atom. The van der Waals surface area contributed by atoms with E-state index in [-0.39, 0.29) is 19.1 Å². The van der Waals surface area contributed by atoms with E-state index < -0.39 is 20.0 Å². The van der Waals surface area contributed by atoms with Gasteiger partial charge in [0.15, 0.2) is 0 Å². The van der Waals surface area contributed by atoms with Gasteiger partial charge in [0.05, 0.1) is 39.9 Å². The second-order valence-electron chi connectivity index (χ2n) is 13.6. The van der Waals surface area contributed by atoms with Crippen molar-refractivity contribution in [3.8, 4) is 0 Å². The summed E-state index contributed by atoms with van der Waals surface area (Å²) in [5, 5.41) is 13.7. The number of unbranched alkanes of at least 4 members (excludes halogenated alkanes) is 15. The lowest BCUT2D eigenvalue weighted by Gasteiger charge is -2.25. The van der Waals surface area contributed by atoms with Gasteiger partial charge >= 0.3 is 7.82 Å². The molecular weight excluding hydrogens is 599 g/mol.